The number of methoxy groups -OCH3 is 3. The molecule has 8 nitrogen and oxygen atoms in total. The van der Waals surface area contributed by atoms with E-state index in [1.165, 1.54) is 21.3 Å². The first-order valence-corrected chi connectivity index (χ1v) is 9.93. The molecule has 0 aliphatic carbocycles. The van der Waals surface area contributed by atoms with Gasteiger partial charge in [-0.05, 0) is 36.4 Å². The molecule has 2 heterocycles. The number of hydrogen-bond acceptors (Lipinski definition) is 6. The van der Waals surface area contributed by atoms with Crippen LogP contribution in [-0.4, -0.2) is 37.0 Å². The van der Waals surface area contributed by atoms with Gasteiger partial charge in [0.25, 0.3) is 5.91 Å². The predicted octanol–water partition coefficient (Wildman–Crippen LogP) is 5.06. The zero-order valence-electron chi connectivity index (χ0n) is 17.6. The maximum atomic E-state index is 13.0. The smallest absolute Gasteiger partial charge is 0.276 e. The first-order valence-electron chi connectivity index (χ1n) is 9.55. The number of ether oxygens (including phenoxy) is 3. The Hall–Kier alpha value is -3.91. The van der Waals surface area contributed by atoms with Gasteiger partial charge in [0.15, 0.2) is 23.0 Å². The number of halogens is 1. The molecule has 0 radical (unpaired) electrons. The van der Waals surface area contributed by atoms with E-state index in [-0.39, 0.29) is 5.69 Å². The van der Waals surface area contributed by atoms with Gasteiger partial charge in [-0.15, -0.1) is 0 Å². The van der Waals surface area contributed by atoms with Crippen molar-refractivity contribution in [2.24, 2.45) is 0 Å². The Morgan fingerprint density at radius 1 is 1.00 bits per heavy atom. The number of rotatable bonds is 7. The molecule has 0 atom stereocenters. The van der Waals surface area contributed by atoms with Gasteiger partial charge >= 0.3 is 0 Å². The molecule has 0 spiro atoms. The molecule has 0 saturated carbocycles. The average molecular weight is 454 g/mol. The second-order valence-electron chi connectivity index (χ2n) is 6.65. The highest BCUT2D eigenvalue weighted by Crippen LogP contribution is 2.40. The number of benzene rings is 2. The Kier molecular flexibility index (Phi) is 6.04. The lowest BCUT2D eigenvalue weighted by molar-refractivity contribution is 0.102. The van der Waals surface area contributed by atoms with E-state index in [9.17, 15) is 4.79 Å². The van der Waals surface area contributed by atoms with Gasteiger partial charge in [0.1, 0.15) is 5.69 Å². The molecule has 0 bridgehead atoms. The molecular weight excluding hydrogens is 434 g/mol. The second kappa shape index (κ2) is 9.07. The molecule has 4 rings (SSSR count). The zero-order valence-corrected chi connectivity index (χ0v) is 18.3. The van der Waals surface area contributed by atoms with Crippen LogP contribution in [0.5, 0.6) is 17.2 Å². The van der Waals surface area contributed by atoms with E-state index >= 15 is 0 Å². The first kappa shape index (κ1) is 21.3. The third kappa shape index (κ3) is 4.13. The van der Waals surface area contributed by atoms with Crippen LogP contribution in [0.1, 0.15) is 10.5 Å². The predicted molar refractivity (Wildman–Crippen MR) is 120 cm³/mol. The molecule has 4 aromatic rings. The molecule has 2 aromatic carbocycles. The van der Waals surface area contributed by atoms with Crippen molar-refractivity contribution >= 4 is 23.2 Å². The van der Waals surface area contributed by atoms with Gasteiger partial charge in [-0.1, -0.05) is 11.6 Å². The molecule has 9 heteroatoms. The molecule has 164 valence electrons. The minimum atomic E-state index is -0.417. The third-order valence-electron chi connectivity index (χ3n) is 4.71. The van der Waals surface area contributed by atoms with Gasteiger partial charge in [-0.3, -0.25) is 4.79 Å². The van der Waals surface area contributed by atoms with Crippen molar-refractivity contribution in [1.82, 2.24) is 9.78 Å². The van der Waals surface area contributed by atoms with Crippen LogP contribution < -0.4 is 19.5 Å². The molecule has 1 amide bonds. The van der Waals surface area contributed by atoms with Crippen molar-refractivity contribution in [2.75, 3.05) is 26.6 Å². The summed E-state index contributed by atoms with van der Waals surface area (Å²) in [4.78, 5) is 13.0. The summed E-state index contributed by atoms with van der Waals surface area (Å²) in [5.41, 5.74) is 2.00. The number of aromatic nitrogens is 2. The quantitative estimate of drug-likeness (QED) is 0.420. The SMILES string of the molecule is COc1cc(NC(=O)c2cc(-c3ccco3)n(-c3ccc(Cl)cc3)n2)cc(OC)c1OC. The van der Waals surface area contributed by atoms with Crippen molar-refractivity contribution in [3.63, 3.8) is 0 Å². The highest BCUT2D eigenvalue weighted by molar-refractivity contribution is 6.30. The largest absolute Gasteiger partial charge is 0.493 e. The van der Waals surface area contributed by atoms with Crippen molar-refractivity contribution in [1.29, 1.82) is 0 Å². The van der Waals surface area contributed by atoms with E-state index in [0.717, 1.165) is 5.69 Å². The molecule has 32 heavy (non-hydrogen) atoms. The standard InChI is InChI=1S/C23H20ClN3O5/c1-29-20-11-15(12-21(30-2)22(20)31-3)25-23(28)17-13-18(19-5-4-10-32-19)27(26-17)16-8-6-14(24)7-9-16/h4-13H,1-3H3,(H,25,28). The summed E-state index contributed by atoms with van der Waals surface area (Å²) in [5, 5.41) is 7.92. The molecular formula is C23H20ClN3O5. The highest BCUT2D eigenvalue weighted by Gasteiger charge is 2.20. The Bertz CT molecular complexity index is 1210. The van der Waals surface area contributed by atoms with E-state index in [1.807, 2.05) is 12.1 Å². The summed E-state index contributed by atoms with van der Waals surface area (Å²) in [5.74, 6) is 1.43. The third-order valence-corrected chi connectivity index (χ3v) is 4.96. The number of nitrogens with one attached hydrogen (secondary N) is 1. The van der Waals surface area contributed by atoms with Crippen molar-refractivity contribution < 1.29 is 23.4 Å². The lowest BCUT2D eigenvalue weighted by atomic mass is 10.2. The van der Waals surface area contributed by atoms with Crippen LogP contribution in [0.3, 0.4) is 0 Å². The van der Waals surface area contributed by atoms with Gasteiger partial charge in [-0.25, -0.2) is 4.68 Å². The van der Waals surface area contributed by atoms with Crippen LogP contribution in [-0.2, 0) is 0 Å². The number of anilines is 1. The molecule has 0 aliphatic heterocycles. The van der Waals surface area contributed by atoms with Crippen LogP contribution in [0.25, 0.3) is 17.1 Å². The summed E-state index contributed by atoms with van der Waals surface area (Å²) in [6.07, 6.45) is 1.56. The fourth-order valence-electron chi connectivity index (χ4n) is 3.22. The normalized spacial score (nSPS) is 10.6. The topological polar surface area (TPSA) is 87.8 Å². The maximum absolute atomic E-state index is 13.0. The molecule has 2 aromatic heterocycles. The van der Waals surface area contributed by atoms with Gasteiger partial charge in [0.05, 0.1) is 33.3 Å². The van der Waals surface area contributed by atoms with E-state index in [0.29, 0.717) is 39.4 Å². The number of nitrogens with zero attached hydrogens (tertiary/aromatic N) is 2. The summed E-state index contributed by atoms with van der Waals surface area (Å²) in [7, 11) is 4.52. The van der Waals surface area contributed by atoms with Gasteiger partial charge in [0.2, 0.25) is 5.75 Å². The van der Waals surface area contributed by atoms with Crippen LogP contribution in [0.2, 0.25) is 5.02 Å². The van der Waals surface area contributed by atoms with Crippen LogP contribution in [0.15, 0.2) is 65.3 Å². The van der Waals surface area contributed by atoms with E-state index in [1.54, 1.807) is 53.4 Å². The summed E-state index contributed by atoms with van der Waals surface area (Å²) < 4.78 is 23.2. The van der Waals surface area contributed by atoms with Crippen LogP contribution >= 0.6 is 11.6 Å². The number of hydrogen-bond donors (Lipinski definition) is 1. The lowest BCUT2D eigenvalue weighted by Crippen LogP contribution is -2.13. The maximum Gasteiger partial charge on any atom is 0.276 e. The Morgan fingerprint density at radius 2 is 1.69 bits per heavy atom. The number of furan rings is 1. The lowest BCUT2D eigenvalue weighted by Gasteiger charge is -2.14. The van der Waals surface area contributed by atoms with E-state index in [2.05, 4.69) is 10.4 Å². The summed E-state index contributed by atoms with van der Waals surface area (Å²) in [6.45, 7) is 0. The number of amides is 1. The minimum Gasteiger partial charge on any atom is -0.493 e. The molecule has 0 aliphatic rings. The first-order chi connectivity index (χ1) is 15.5. The number of carbonyl (C=O) groups is 1. The zero-order chi connectivity index (χ0) is 22.7. The second-order valence-corrected chi connectivity index (χ2v) is 7.08. The Balaban J connectivity index is 1.70. The van der Waals surface area contributed by atoms with Gasteiger partial charge in [-0.2, -0.15) is 5.10 Å². The van der Waals surface area contributed by atoms with Crippen LogP contribution in [0, 0.1) is 0 Å². The fraction of sp³-hybridized carbons (Fsp3) is 0.130. The van der Waals surface area contributed by atoms with Gasteiger partial charge < -0.3 is 23.9 Å². The monoisotopic (exact) mass is 453 g/mol. The van der Waals surface area contributed by atoms with Crippen molar-refractivity contribution in [2.45, 2.75) is 0 Å². The molecule has 0 unspecified atom stereocenters. The summed E-state index contributed by atoms with van der Waals surface area (Å²) in [6, 6.07) is 15.6. The Morgan fingerprint density at radius 3 is 2.25 bits per heavy atom. The Labute approximate surface area is 189 Å². The highest BCUT2D eigenvalue weighted by atomic mass is 35.5. The fourth-order valence-corrected chi connectivity index (χ4v) is 3.35. The minimum absolute atomic E-state index is 0.195. The summed E-state index contributed by atoms with van der Waals surface area (Å²) >= 11 is 6.01. The van der Waals surface area contributed by atoms with E-state index < -0.39 is 5.91 Å². The molecule has 0 fully saturated rings. The van der Waals surface area contributed by atoms with Crippen LogP contribution in [0.4, 0.5) is 5.69 Å². The molecule has 0 saturated heterocycles. The van der Waals surface area contributed by atoms with Crippen molar-refractivity contribution in [3.8, 4) is 34.4 Å². The number of carbonyl (C=O) groups excluding carboxylic acids is 1. The molecule has 1 N–H and O–H groups in total. The van der Waals surface area contributed by atoms with E-state index in [4.69, 9.17) is 30.2 Å². The van der Waals surface area contributed by atoms with Crippen molar-refractivity contribution in [3.05, 3.63) is 71.6 Å². The van der Waals surface area contributed by atoms with Gasteiger partial charge in [0, 0.05) is 28.9 Å². The average Bonchev–Trinajstić information content (AvgIpc) is 3.49.